The Balaban J connectivity index is 2.29. The molecule has 2 aromatic heterocycles. The van der Waals surface area contributed by atoms with Crippen molar-refractivity contribution in [3.63, 3.8) is 0 Å². The molecule has 0 aliphatic rings. The van der Waals surface area contributed by atoms with Gasteiger partial charge in [-0.05, 0) is 22.0 Å². The van der Waals surface area contributed by atoms with Gasteiger partial charge in [0.1, 0.15) is 12.1 Å². The molecule has 0 aliphatic carbocycles. The molecule has 0 bridgehead atoms. The van der Waals surface area contributed by atoms with Gasteiger partial charge in [-0.15, -0.1) is 0 Å². The molecule has 0 aliphatic heterocycles. The summed E-state index contributed by atoms with van der Waals surface area (Å²) in [6.07, 6.45) is 2.98. The van der Waals surface area contributed by atoms with Crippen LogP contribution < -0.4 is 10.6 Å². The van der Waals surface area contributed by atoms with E-state index < -0.39 is 0 Å². The maximum Gasteiger partial charge on any atom is 0.261 e. The molecule has 94 valence electrons. The lowest BCUT2D eigenvalue weighted by Gasteiger charge is -2.08. The molecule has 0 saturated carbocycles. The summed E-state index contributed by atoms with van der Waals surface area (Å²) in [4.78, 5) is 20.1. The predicted octanol–water partition coefficient (Wildman–Crippen LogP) is 1.27. The Labute approximate surface area is 112 Å². The lowest BCUT2D eigenvalue weighted by molar-refractivity contribution is 0.102. The summed E-state index contributed by atoms with van der Waals surface area (Å²) in [6.45, 7) is 0. The van der Waals surface area contributed by atoms with Crippen LogP contribution in [0.3, 0.4) is 0 Å². The van der Waals surface area contributed by atoms with Crippen LogP contribution in [0.25, 0.3) is 0 Å². The third-order valence-electron chi connectivity index (χ3n) is 2.27. The van der Waals surface area contributed by atoms with E-state index in [-0.39, 0.29) is 5.91 Å². The number of hydrogen-bond acceptors (Lipinski definition) is 5. The first kappa shape index (κ1) is 12.5. The zero-order valence-corrected chi connectivity index (χ0v) is 11.4. The lowest BCUT2D eigenvalue weighted by Crippen LogP contribution is -2.17. The fourth-order valence-corrected chi connectivity index (χ4v) is 1.72. The van der Waals surface area contributed by atoms with E-state index in [0.29, 0.717) is 17.3 Å². The molecule has 7 nitrogen and oxygen atoms in total. The van der Waals surface area contributed by atoms with Crippen molar-refractivity contribution in [1.29, 1.82) is 0 Å². The van der Waals surface area contributed by atoms with Gasteiger partial charge in [0.15, 0.2) is 0 Å². The molecule has 1 amide bonds. The Hall–Kier alpha value is -1.96. The first-order chi connectivity index (χ1) is 8.61. The molecule has 0 radical (unpaired) electrons. The fourth-order valence-electron chi connectivity index (χ4n) is 1.39. The Bertz CT molecular complexity index is 581. The summed E-state index contributed by atoms with van der Waals surface area (Å²) in [5.41, 5.74) is 0.426. The van der Waals surface area contributed by atoms with Crippen LogP contribution in [-0.4, -0.2) is 32.7 Å². The van der Waals surface area contributed by atoms with E-state index in [1.54, 1.807) is 26.4 Å². The van der Waals surface area contributed by atoms with Crippen molar-refractivity contribution in [3.05, 3.63) is 28.6 Å². The van der Waals surface area contributed by atoms with E-state index in [9.17, 15) is 4.79 Å². The molecule has 2 N–H and O–H groups in total. The van der Waals surface area contributed by atoms with Gasteiger partial charge in [0.25, 0.3) is 5.91 Å². The second-order valence-electron chi connectivity index (χ2n) is 3.46. The summed E-state index contributed by atoms with van der Waals surface area (Å²) in [5.74, 6) is 0.573. The standard InChI is InChI=1S/C10H11BrN6O/c1-12-8-7(3-6(11)4-13-8)9(18)16-10-14-5-15-17(10)2/h3-5H,1-2H3,(H,12,13)(H,14,15,16,18). The number of amides is 1. The SMILES string of the molecule is CNc1ncc(Br)cc1C(=O)Nc1ncnn1C. The largest absolute Gasteiger partial charge is 0.372 e. The van der Waals surface area contributed by atoms with Crippen LogP contribution >= 0.6 is 15.9 Å². The Kier molecular flexibility index (Phi) is 3.56. The number of hydrogen-bond donors (Lipinski definition) is 2. The van der Waals surface area contributed by atoms with E-state index in [0.717, 1.165) is 4.47 Å². The summed E-state index contributed by atoms with van der Waals surface area (Å²) in [7, 11) is 3.40. The zero-order valence-electron chi connectivity index (χ0n) is 9.81. The van der Waals surface area contributed by atoms with Gasteiger partial charge in [0.05, 0.1) is 5.56 Å². The molecule has 0 fully saturated rings. The van der Waals surface area contributed by atoms with E-state index in [2.05, 4.69) is 41.6 Å². The van der Waals surface area contributed by atoms with Crippen LogP contribution in [0.5, 0.6) is 0 Å². The quantitative estimate of drug-likeness (QED) is 0.891. The number of aryl methyl sites for hydroxylation is 1. The fraction of sp³-hybridized carbons (Fsp3) is 0.200. The van der Waals surface area contributed by atoms with Crippen molar-refractivity contribution in [3.8, 4) is 0 Å². The van der Waals surface area contributed by atoms with E-state index in [4.69, 9.17) is 0 Å². The molecule has 0 unspecified atom stereocenters. The number of carbonyl (C=O) groups is 1. The number of anilines is 2. The van der Waals surface area contributed by atoms with Gasteiger partial charge >= 0.3 is 0 Å². The molecule has 0 aromatic carbocycles. The Morgan fingerprint density at radius 2 is 2.22 bits per heavy atom. The lowest BCUT2D eigenvalue weighted by atomic mass is 10.2. The van der Waals surface area contributed by atoms with Crippen LogP contribution in [0.15, 0.2) is 23.1 Å². The van der Waals surface area contributed by atoms with E-state index in [1.165, 1.54) is 11.0 Å². The monoisotopic (exact) mass is 310 g/mol. The number of nitrogens with one attached hydrogen (secondary N) is 2. The van der Waals surface area contributed by atoms with Crippen molar-refractivity contribution in [2.24, 2.45) is 7.05 Å². The molecule has 8 heteroatoms. The first-order valence-corrected chi connectivity index (χ1v) is 5.89. The smallest absolute Gasteiger partial charge is 0.261 e. The number of aromatic nitrogens is 4. The van der Waals surface area contributed by atoms with Gasteiger partial charge in [-0.3, -0.25) is 10.1 Å². The highest BCUT2D eigenvalue weighted by Crippen LogP contribution is 2.18. The highest BCUT2D eigenvalue weighted by molar-refractivity contribution is 9.10. The van der Waals surface area contributed by atoms with Crippen LogP contribution in [-0.2, 0) is 7.05 Å². The van der Waals surface area contributed by atoms with Gasteiger partial charge in [-0.1, -0.05) is 0 Å². The third-order valence-corrected chi connectivity index (χ3v) is 2.71. The van der Waals surface area contributed by atoms with Gasteiger partial charge in [0, 0.05) is 24.8 Å². The van der Waals surface area contributed by atoms with Gasteiger partial charge in [0.2, 0.25) is 5.95 Å². The molecule has 0 saturated heterocycles. The number of pyridine rings is 1. The highest BCUT2D eigenvalue weighted by atomic mass is 79.9. The number of nitrogens with zero attached hydrogens (tertiary/aromatic N) is 4. The average Bonchev–Trinajstić information content (AvgIpc) is 2.75. The van der Waals surface area contributed by atoms with E-state index in [1.807, 2.05) is 0 Å². The highest BCUT2D eigenvalue weighted by Gasteiger charge is 2.14. The third kappa shape index (κ3) is 2.48. The molecule has 18 heavy (non-hydrogen) atoms. The van der Waals surface area contributed by atoms with Gasteiger partial charge < -0.3 is 5.32 Å². The summed E-state index contributed by atoms with van der Waals surface area (Å²) < 4.78 is 2.20. The van der Waals surface area contributed by atoms with Gasteiger partial charge in [-0.25, -0.2) is 9.67 Å². The predicted molar refractivity (Wildman–Crippen MR) is 70.4 cm³/mol. The van der Waals surface area contributed by atoms with Gasteiger partial charge in [-0.2, -0.15) is 10.1 Å². The van der Waals surface area contributed by atoms with Crippen molar-refractivity contribution in [2.75, 3.05) is 17.7 Å². The number of halogens is 1. The number of rotatable bonds is 3. The minimum Gasteiger partial charge on any atom is -0.372 e. The molecule has 0 spiro atoms. The maximum absolute atomic E-state index is 12.1. The van der Waals surface area contributed by atoms with Crippen LogP contribution in [0.4, 0.5) is 11.8 Å². The topological polar surface area (TPSA) is 84.7 Å². The first-order valence-electron chi connectivity index (χ1n) is 5.10. The molecule has 2 heterocycles. The van der Waals surface area contributed by atoms with Crippen molar-refractivity contribution in [2.45, 2.75) is 0 Å². The van der Waals surface area contributed by atoms with Crippen molar-refractivity contribution < 1.29 is 4.79 Å². The number of carbonyl (C=O) groups excluding carboxylic acids is 1. The minimum atomic E-state index is -0.302. The maximum atomic E-state index is 12.1. The molecular formula is C10H11BrN6O. The molecule has 0 atom stereocenters. The summed E-state index contributed by atoms with van der Waals surface area (Å²) in [6, 6.07) is 1.69. The van der Waals surface area contributed by atoms with Crippen LogP contribution in [0.1, 0.15) is 10.4 Å². The van der Waals surface area contributed by atoms with Crippen LogP contribution in [0, 0.1) is 0 Å². The Morgan fingerprint density at radius 1 is 1.44 bits per heavy atom. The second kappa shape index (κ2) is 5.13. The van der Waals surface area contributed by atoms with Crippen molar-refractivity contribution >= 4 is 33.6 Å². The molecule has 2 aromatic rings. The average molecular weight is 311 g/mol. The second-order valence-corrected chi connectivity index (χ2v) is 4.38. The zero-order chi connectivity index (χ0) is 13.1. The summed E-state index contributed by atoms with van der Waals surface area (Å²) in [5, 5.41) is 9.39. The van der Waals surface area contributed by atoms with E-state index >= 15 is 0 Å². The minimum absolute atomic E-state index is 0.302. The molecule has 2 rings (SSSR count). The van der Waals surface area contributed by atoms with Crippen LogP contribution in [0.2, 0.25) is 0 Å². The molecular weight excluding hydrogens is 300 g/mol. The Morgan fingerprint density at radius 3 is 2.83 bits per heavy atom. The van der Waals surface area contributed by atoms with Crippen molar-refractivity contribution in [1.82, 2.24) is 19.7 Å². The normalized spacial score (nSPS) is 10.2. The summed E-state index contributed by atoms with van der Waals surface area (Å²) >= 11 is 3.28.